The van der Waals surface area contributed by atoms with Crippen LogP contribution in [-0.2, 0) is 21.7 Å². The molecule has 1 fully saturated rings. The molecular formula is C28H31FN4O5S. The van der Waals surface area contributed by atoms with Crippen LogP contribution in [0.25, 0.3) is 11.4 Å². The summed E-state index contributed by atoms with van der Waals surface area (Å²) in [6.45, 7) is 3.11. The average Bonchev–Trinajstić information content (AvgIpc) is 3.16. The number of primary amides is 1. The van der Waals surface area contributed by atoms with Crippen LogP contribution in [0.4, 0.5) is 10.1 Å². The number of nitrogens with two attached hydrogens (primary N) is 1. The number of rotatable bonds is 7. The number of aromatic nitrogens is 2. The number of sulfone groups is 1. The van der Waals surface area contributed by atoms with E-state index in [0.29, 0.717) is 48.3 Å². The van der Waals surface area contributed by atoms with Gasteiger partial charge in [0.2, 0.25) is 0 Å². The van der Waals surface area contributed by atoms with Crippen LogP contribution in [-0.4, -0.2) is 53.1 Å². The highest BCUT2D eigenvalue weighted by atomic mass is 32.2. The summed E-state index contributed by atoms with van der Waals surface area (Å²) in [4.78, 5) is 45.9. The van der Waals surface area contributed by atoms with Gasteiger partial charge in [-0.3, -0.25) is 19.4 Å². The molecule has 0 bridgehead atoms. The van der Waals surface area contributed by atoms with E-state index in [1.807, 2.05) is 0 Å². The number of pyridine rings is 1. The first-order valence-electron chi connectivity index (χ1n) is 12.6. The fourth-order valence-electron chi connectivity index (χ4n) is 5.47. The molecule has 1 aliphatic carbocycles. The second-order valence-corrected chi connectivity index (χ2v) is 12.4. The normalized spacial score (nSPS) is 17.6. The van der Waals surface area contributed by atoms with Gasteiger partial charge in [-0.2, -0.15) is 0 Å². The largest absolute Gasteiger partial charge is 0.366 e. The maximum Gasteiger partial charge on any atom is 0.301 e. The Labute approximate surface area is 226 Å². The molecule has 4 rings (SSSR count). The Morgan fingerprint density at radius 2 is 1.74 bits per heavy atom. The van der Waals surface area contributed by atoms with E-state index in [-0.39, 0.29) is 16.8 Å². The van der Waals surface area contributed by atoms with Gasteiger partial charge in [0.15, 0.2) is 0 Å². The van der Waals surface area contributed by atoms with Crippen LogP contribution in [0.2, 0.25) is 0 Å². The molecule has 0 spiro atoms. The van der Waals surface area contributed by atoms with Crippen LogP contribution >= 0.6 is 0 Å². The molecule has 11 heteroatoms. The Balaban J connectivity index is 1.79. The third-order valence-corrected chi connectivity index (χ3v) is 9.14. The molecule has 0 atom stereocenters. The van der Waals surface area contributed by atoms with Crippen molar-refractivity contribution in [2.75, 3.05) is 11.2 Å². The number of amides is 2. The molecular weight excluding hydrogens is 523 g/mol. The van der Waals surface area contributed by atoms with Gasteiger partial charge >= 0.3 is 5.91 Å². The zero-order valence-electron chi connectivity index (χ0n) is 22.3. The summed E-state index contributed by atoms with van der Waals surface area (Å²) < 4.78 is 39.8. The van der Waals surface area contributed by atoms with E-state index in [9.17, 15) is 27.2 Å². The zero-order valence-corrected chi connectivity index (χ0v) is 23.1. The van der Waals surface area contributed by atoms with Gasteiger partial charge in [0.05, 0.1) is 27.9 Å². The predicted molar refractivity (Wildman–Crippen MR) is 146 cm³/mol. The Bertz CT molecular complexity index is 1560. The number of hydrogen-bond acceptors (Lipinski definition) is 6. The molecule has 2 N–H and O–H groups in total. The minimum atomic E-state index is -3.25. The van der Waals surface area contributed by atoms with Crippen molar-refractivity contribution in [3.8, 4) is 11.4 Å². The van der Waals surface area contributed by atoms with Crippen molar-refractivity contribution >= 4 is 33.1 Å². The Kier molecular flexibility index (Phi) is 7.74. The summed E-state index contributed by atoms with van der Waals surface area (Å²) in [5.74, 6) is -2.95. The van der Waals surface area contributed by atoms with Crippen molar-refractivity contribution in [2.24, 2.45) is 12.8 Å². The summed E-state index contributed by atoms with van der Waals surface area (Å²) in [6, 6.07) is 8.79. The standard InChI is InChI=1S/C28H31FN4O5S/c1-16-15-19(10-13-21(16)29)33(18-8-11-20(12-9-18)39(4,37)38)28(36)26(34)24-17(2)23(27(30)35)25(32(24)3)22-7-5-6-14-31-22/h5-7,10,13-15,18,20H,8-9,11-12H2,1-4H3,(H2,30,35). The van der Waals surface area contributed by atoms with Gasteiger partial charge in [0.25, 0.3) is 11.7 Å². The lowest BCUT2D eigenvalue weighted by Crippen LogP contribution is -2.47. The van der Waals surface area contributed by atoms with Crippen LogP contribution in [0, 0.1) is 19.7 Å². The lowest BCUT2D eigenvalue weighted by molar-refractivity contribution is -0.115. The molecule has 1 saturated carbocycles. The first kappa shape index (κ1) is 28.2. The fourth-order valence-corrected chi connectivity index (χ4v) is 6.60. The molecule has 0 unspecified atom stereocenters. The van der Waals surface area contributed by atoms with Gasteiger partial charge in [-0.25, -0.2) is 12.8 Å². The smallest absolute Gasteiger partial charge is 0.301 e. The van der Waals surface area contributed by atoms with Crippen LogP contribution in [0.5, 0.6) is 0 Å². The average molecular weight is 555 g/mol. The maximum absolute atomic E-state index is 14.1. The quantitative estimate of drug-likeness (QED) is 0.351. The van der Waals surface area contributed by atoms with E-state index >= 15 is 0 Å². The number of nitrogens with zero attached hydrogens (tertiary/aromatic N) is 3. The topological polar surface area (TPSA) is 132 Å². The van der Waals surface area contributed by atoms with Gasteiger partial charge in [0, 0.05) is 31.2 Å². The third-order valence-electron chi connectivity index (χ3n) is 7.45. The Morgan fingerprint density at radius 3 is 2.28 bits per heavy atom. The molecule has 0 saturated heterocycles. The Morgan fingerprint density at radius 1 is 1.08 bits per heavy atom. The summed E-state index contributed by atoms with van der Waals surface area (Å²) in [5.41, 5.74) is 7.37. The third kappa shape index (κ3) is 5.36. The highest BCUT2D eigenvalue weighted by Gasteiger charge is 2.38. The Hall–Kier alpha value is -3.86. The molecule has 1 aromatic carbocycles. The molecule has 0 aliphatic heterocycles. The van der Waals surface area contributed by atoms with Gasteiger partial charge in [-0.1, -0.05) is 6.07 Å². The van der Waals surface area contributed by atoms with Crippen LogP contribution in [0.3, 0.4) is 0 Å². The number of carbonyl (C=O) groups excluding carboxylic acids is 3. The van der Waals surface area contributed by atoms with Crippen LogP contribution in [0.1, 0.15) is 57.7 Å². The van der Waals surface area contributed by atoms with Crippen molar-refractivity contribution in [3.05, 3.63) is 70.8 Å². The predicted octanol–water partition coefficient (Wildman–Crippen LogP) is 3.51. The summed E-state index contributed by atoms with van der Waals surface area (Å²) >= 11 is 0. The highest BCUT2D eigenvalue weighted by molar-refractivity contribution is 7.91. The number of Topliss-reactive ketones (excluding diaryl/α,β-unsaturated/α-hetero) is 1. The van der Waals surface area contributed by atoms with Crippen molar-refractivity contribution < 1.29 is 27.2 Å². The molecule has 2 amide bonds. The number of carbonyl (C=O) groups is 3. The molecule has 3 aromatic rings. The van der Waals surface area contributed by atoms with E-state index in [0.717, 1.165) is 0 Å². The van der Waals surface area contributed by atoms with Crippen molar-refractivity contribution in [3.63, 3.8) is 0 Å². The molecule has 9 nitrogen and oxygen atoms in total. The minimum Gasteiger partial charge on any atom is -0.366 e. The number of ketones is 1. The molecule has 39 heavy (non-hydrogen) atoms. The first-order chi connectivity index (χ1) is 18.3. The minimum absolute atomic E-state index is 0.0110. The number of halogens is 1. The van der Waals surface area contributed by atoms with E-state index < -0.39 is 44.5 Å². The number of anilines is 1. The summed E-state index contributed by atoms with van der Waals surface area (Å²) in [5, 5.41) is -0.523. The van der Waals surface area contributed by atoms with E-state index in [2.05, 4.69) is 4.98 Å². The molecule has 206 valence electrons. The molecule has 2 heterocycles. The summed E-state index contributed by atoms with van der Waals surface area (Å²) in [6.07, 6.45) is 4.11. The lowest BCUT2D eigenvalue weighted by atomic mass is 9.92. The van der Waals surface area contributed by atoms with Crippen molar-refractivity contribution in [1.82, 2.24) is 9.55 Å². The zero-order chi connectivity index (χ0) is 28.6. The summed E-state index contributed by atoms with van der Waals surface area (Å²) in [7, 11) is -1.69. The monoisotopic (exact) mass is 554 g/mol. The van der Waals surface area contributed by atoms with E-state index in [1.54, 1.807) is 45.3 Å². The maximum atomic E-state index is 14.1. The SMILES string of the molecule is Cc1cc(N(C(=O)C(=O)c2c(C)c(C(N)=O)c(-c3ccccn3)n2C)C2CCC(S(C)(=O)=O)CC2)ccc1F. The molecule has 1 aliphatic rings. The lowest BCUT2D eigenvalue weighted by Gasteiger charge is -2.36. The fraction of sp³-hybridized carbons (Fsp3) is 0.357. The van der Waals surface area contributed by atoms with E-state index in [4.69, 9.17) is 5.73 Å². The second kappa shape index (κ2) is 10.7. The van der Waals surface area contributed by atoms with Crippen LogP contribution in [0.15, 0.2) is 42.6 Å². The van der Waals surface area contributed by atoms with Crippen LogP contribution < -0.4 is 10.6 Å². The van der Waals surface area contributed by atoms with Crippen molar-refractivity contribution in [1.29, 1.82) is 0 Å². The molecule has 2 aromatic heterocycles. The molecule has 0 radical (unpaired) electrons. The van der Waals surface area contributed by atoms with E-state index in [1.165, 1.54) is 33.9 Å². The van der Waals surface area contributed by atoms with Gasteiger partial charge < -0.3 is 15.2 Å². The van der Waals surface area contributed by atoms with Crippen molar-refractivity contribution in [2.45, 2.75) is 50.8 Å². The number of benzene rings is 1. The highest BCUT2D eigenvalue weighted by Crippen LogP contribution is 2.34. The first-order valence-corrected chi connectivity index (χ1v) is 14.5. The number of aryl methyl sites for hydroxylation is 1. The second-order valence-electron chi connectivity index (χ2n) is 10.0. The van der Waals surface area contributed by atoms with Gasteiger partial charge in [0.1, 0.15) is 15.7 Å². The van der Waals surface area contributed by atoms with Gasteiger partial charge in [-0.05, 0) is 81.0 Å². The number of hydrogen-bond donors (Lipinski definition) is 1. The van der Waals surface area contributed by atoms with Gasteiger partial charge in [-0.15, -0.1) is 0 Å².